The SMILES string of the molecule is COc1ccc2c(c1)OCC(CNCC1CN(C)CCO1)=C2. The first-order chi connectivity index (χ1) is 10.7. The summed E-state index contributed by atoms with van der Waals surface area (Å²) < 4.78 is 16.8. The van der Waals surface area contributed by atoms with Gasteiger partial charge >= 0.3 is 0 Å². The summed E-state index contributed by atoms with van der Waals surface area (Å²) in [4.78, 5) is 2.31. The zero-order valence-corrected chi connectivity index (χ0v) is 13.3. The second-order valence-electron chi connectivity index (χ2n) is 5.88. The maximum atomic E-state index is 5.81. The van der Waals surface area contributed by atoms with Crippen LogP contribution in [0.3, 0.4) is 0 Å². The van der Waals surface area contributed by atoms with Crippen LogP contribution in [0.4, 0.5) is 0 Å². The molecule has 1 N–H and O–H groups in total. The molecule has 5 nitrogen and oxygen atoms in total. The van der Waals surface area contributed by atoms with Crippen molar-refractivity contribution in [2.24, 2.45) is 0 Å². The summed E-state index contributed by atoms with van der Waals surface area (Å²) in [5.41, 5.74) is 2.36. The van der Waals surface area contributed by atoms with Crippen molar-refractivity contribution in [1.82, 2.24) is 10.2 Å². The Hall–Kier alpha value is -1.56. The highest BCUT2D eigenvalue weighted by molar-refractivity contribution is 5.63. The summed E-state index contributed by atoms with van der Waals surface area (Å²) >= 11 is 0. The topological polar surface area (TPSA) is 43.0 Å². The van der Waals surface area contributed by atoms with Gasteiger partial charge in [-0.2, -0.15) is 0 Å². The lowest BCUT2D eigenvalue weighted by molar-refractivity contribution is -0.0177. The summed E-state index contributed by atoms with van der Waals surface area (Å²) in [6.07, 6.45) is 2.47. The van der Waals surface area contributed by atoms with Crippen molar-refractivity contribution in [3.8, 4) is 11.5 Å². The number of nitrogens with zero attached hydrogens (tertiary/aromatic N) is 1. The zero-order valence-electron chi connectivity index (χ0n) is 13.3. The van der Waals surface area contributed by atoms with E-state index in [1.54, 1.807) is 7.11 Å². The normalized spacial score (nSPS) is 21.7. The number of ether oxygens (including phenoxy) is 3. The van der Waals surface area contributed by atoms with Gasteiger partial charge in [-0.15, -0.1) is 0 Å². The Morgan fingerprint density at radius 3 is 3.14 bits per heavy atom. The smallest absolute Gasteiger partial charge is 0.130 e. The molecular weight excluding hydrogens is 280 g/mol. The number of rotatable bonds is 5. The first kappa shape index (κ1) is 15.3. The number of hydrogen-bond donors (Lipinski definition) is 1. The fourth-order valence-corrected chi connectivity index (χ4v) is 2.80. The number of nitrogens with one attached hydrogen (secondary N) is 1. The van der Waals surface area contributed by atoms with E-state index in [2.05, 4.69) is 23.3 Å². The van der Waals surface area contributed by atoms with Crippen molar-refractivity contribution in [2.45, 2.75) is 6.10 Å². The van der Waals surface area contributed by atoms with Gasteiger partial charge in [0.1, 0.15) is 18.1 Å². The number of morpholine rings is 1. The summed E-state index contributed by atoms with van der Waals surface area (Å²) in [6, 6.07) is 5.93. The minimum atomic E-state index is 0.278. The average molecular weight is 304 g/mol. The molecule has 0 aliphatic carbocycles. The van der Waals surface area contributed by atoms with Crippen LogP contribution in [0, 0.1) is 0 Å². The fraction of sp³-hybridized carbons (Fsp3) is 0.529. The number of benzene rings is 1. The van der Waals surface area contributed by atoms with E-state index in [0.717, 1.165) is 49.8 Å². The average Bonchev–Trinajstić information content (AvgIpc) is 2.54. The first-order valence-corrected chi connectivity index (χ1v) is 7.76. The summed E-state index contributed by atoms with van der Waals surface area (Å²) in [7, 11) is 3.80. The molecule has 1 aromatic carbocycles. The molecule has 0 spiro atoms. The standard InChI is InChI=1S/C17H24N2O3/c1-19-5-6-21-16(11-19)10-18-9-13-7-14-3-4-15(20-2)8-17(14)22-12-13/h3-4,7-8,16,18H,5-6,9-12H2,1-2H3. The highest BCUT2D eigenvalue weighted by Crippen LogP contribution is 2.29. The van der Waals surface area contributed by atoms with Crippen molar-refractivity contribution >= 4 is 6.08 Å². The molecule has 0 aromatic heterocycles. The van der Waals surface area contributed by atoms with E-state index < -0.39 is 0 Å². The molecule has 1 unspecified atom stereocenters. The first-order valence-electron chi connectivity index (χ1n) is 7.76. The Labute approximate surface area is 131 Å². The molecule has 1 fully saturated rings. The van der Waals surface area contributed by atoms with Gasteiger partial charge < -0.3 is 24.4 Å². The van der Waals surface area contributed by atoms with Crippen LogP contribution in [0.5, 0.6) is 11.5 Å². The Balaban J connectivity index is 1.51. The van der Waals surface area contributed by atoms with Crippen LogP contribution in [-0.4, -0.2) is 64.6 Å². The molecule has 1 aromatic rings. The van der Waals surface area contributed by atoms with Gasteiger partial charge in [-0.1, -0.05) is 0 Å². The van der Waals surface area contributed by atoms with Gasteiger partial charge in [-0.25, -0.2) is 0 Å². The zero-order chi connectivity index (χ0) is 15.4. The van der Waals surface area contributed by atoms with Gasteiger partial charge in [-0.05, 0) is 30.8 Å². The van der Waals surface area contributed by atoms with Crippen molar-refractivity contribution in [3.63, 3.8) is 0 Å². The monoisotopic (exact) mass is 304 g/mol. The second kappa shape index (κ2) is 7.13. The third-order valence-electron chi connectivity index (χ3n) is 4.06. The minimum Gasteiger partial charge on any atom is -0.497 e. The van der Waals surface area contributed by atoms with Crippen LogP contribution < -0.4 is 14.8 Å². The largest absolute Gasteiger partial charge is 0.497 e. The van der Waals surface area contributed by atoms with E-state index in [0.29, 0.717) is 6.61 Å². The summed E-state index contributed by atoms with van der Waals surface area (Å²) in [6.45, 7) is 5.16. The lowest BCUT2D eigenvalue weighted by atomic mass is 10.1. The number of hydrogen-bond acceptors (Lipinski definition) is 5. The molecule has 2 heterocycles. The molecule has 0 bridgehead atoms. The number of methoxy groups -OCH3 is 1. The Morgan fingerprint density at radius 2 is 2.32 bits per heavy atom. The van der Waals surface area contributed by atoms with Crippen molar-refractivity contribution in [2.75, 3.05) is 53.6 Å². The molecule has 2 aliphatic rings. The lowest BCUT2D eigenvalue weighted by Crippen LogP contribution is -2.45. The molecule has 0 saturated carbocycles. The Bertz CT molecular complexity index is 545. The van der Waals surface area contributed by atoms with E-state index >= 15 is 0 Å². The van der Waals surface area contributed by atoms with E-state index in [4.69, 9.17) is 14.2 Å². The van der Waals surface area contributed by atoms with E-state index in [1.807, 2.05) is 18.2 Å². The molecule has 0 amide bonds. The summed E-state index contributed by atoms with van der Waals surface area (Å²) in [5, 5.41) is 3.47. The lowest BCUT2D eigenvalue weighted by Gasteiger charge is -2.30. The van der Waals surface area contributed by atoms with Gasteiger partial charge in [0, 0.05) is 37.8 Å². The maximum Gasteiger partial charge on any atom is 0.130 e. The summed E-state index contributed by atoms with van der Waals surface area (Å²) in [5.74, 6) is 1.72. The van der Waals surface area contributed by atoms with Gasteiger partial charge in [0.2, 0.25) is 0 Å². The predicted octanol–water partition coefficient (Wildman–Crippen LogP) is 1.39. The molecule has 2 aliphatic heterocycles. The van der Waals surface area contributed by atoms with Crippen molar-refractivity contribution in [1.29, 1.82) is 0 Å². The second-order valence-corrected chi connectivity index (χ2v) is 5.88. The van der Waals surface area contributed by atoms with Crippen LogP contribution in [0.15, 0.2) is 23.8 Å². The quantitative estimate of drug-likeness (QED) is 0.890. The van der Waals surface area contributed by atoms with E-state index in [9.17, 15) is 0 Å². The predicted molar refractivity (Wildman–Crippen MR) is 86.6 cm³/mol. The molecule has 3 rings (SSSR count). The Morgan fingerprint density at radius 1 is 1.41 bits per heavy atom. The molecule has 120 valence electrons. The van der Waals surface area contributed by atoms with Gasteiger partial charge in [0.25, 0.3) is 0 Å². The van der Waals surface area contributed by atoms with Crippen LogP contribution >= 0.6 is 0 Å². The fourth-order valence-electron chi connectivity index (χ4n) is 2.80. The van der Waals surface area contributed by atoms with Crippen molar-refractivity contribution < 1.29 is 14.2 Å². The highest BCUT2D eigenvalue weighted by Gasteiger charge is 2.18. The van der Waals surface area contributed by atoms with Crippen molar-refractivity contribution in [3.05, 3.63) is 29.3 Å². The maximum absolute atomic E-state index is 5.81. The molecule has 1 saturated heterocycles. The van der Waals surface area contributed by atoms with E-state index in [1.165, 1.54) is 5.57 Å². The van der Waals surface area contributed by atoms with E-state index in [-0.39, 0.29) is 6.10 Å². The highest BCUT2D eigenvalue weighted by atomic mass is 16.5. The molecule has 1 atom stereocenters. The number of fused-ring (bicyclic) bond motifs is 1. The molecular formula is C17H24N2O3. The van der Waals surface area contributed by atoms with Crippen LogP contribution in [0.2, 0.25) is 0 Å². The van der Waals surface area contributed by atoms with Crippen LogP contribution in [-0.2, 0) is 4.74 Å². The van der Waals surface area contributed by atoms with Gasteiger partial charge in [0.05, 0.1) is 19.8 Å². The van der Waals surface area contributed by atoms with Gasteiger partial charge in [-0.3, -0.25) is 0 Å². The Kier molecular flexibility index (Phi) is 4.97. The number of likely N-dealkylation sites (N-methyl/N-ethyl adjacent to an activating group) is 1. The molecule has 22 heavy (non-hydrogen) atoms. The van der Waals surface area contributed by atoms with Crippen LogP contribution in [0.1, 0.15) is 5.56 Å². The van der Waals surface area contributed by atoms with Gasteiger partial charge in [0.15, 0.2) is 0 Å². The minimum absolute atomic E-state index is 0.278. The molecule has 0 radical (unpaired) electrons. The third kappa shape index (κ3) is 3.80. The third-order valence-corrected chi connectivity index (χ3v) is 4.06. The van der Waals surface area contributed by atoms with Crippen LogP contribution in [0.25, 0.3) is 6.08 Å². The molecule has 5 heteroatoms.